The lowest BCUT2D eigenvalue weighted by Crippen LogP contribution is -2.37. The third kappa shape index (κ3) is 4.12. The number of nitrogen functional groups attached to an aromatic ring is 1. The minimum Gasteiger partial charge on any atom is -0.461 e. The molecule has 1 fully saturated rings. The first-order valence-electron chi connectivity index (χ1n) is 7.93. The van der Waals surface area contributed by atoms with Crippen LogP contribution in [0.25, 0.3) is 11.2 Å². The number of carbonyl (C=O) groups excluding carboxylic acids is 1. The average Bonchev–Trinajstić information content (AvgIpc) is 3.15. The third-order valence-corrected chi connectivity index (χ3v) is 4.48. The van der Waals surface area contributed by atoms with E-state index < -0.39 is 51.0 Å². The number of imidazole rings is 1. The van der Waals surface area contributed by atoms with Gasteiger partial charge in [0.05, 0.1) is 6.33 Å². The lowest BCUT2D eigenvalue weighted by Gasteiger charge is -2.21. The molecular formula is C13H18N5O9P. The Bertz CT molecular complexity index is 915. The highest BCUT2D eigenvalue weighted by molar-refractivity contribution is 7.46. The van der Waals surface area contributed by atoms with E-state index in [0.29, 0.717) is 0 Å². The molecule has 15 heteroatoms. The van der Waals surface area contributed by atoms with Gasteiger partial charge in [-0.05, 0) is 6.92 Å². The normalized spacial score (nSPS) is 26.5. The van der Waals surface area contributed by atoms with Crippen LogP contribution in [0.2, 0.25) is 0 Å². The standard InChI is InChI=1S/C13H18N5O9P/c1-5(19)13(21)25-2-6-9(27-28(22,23)24)8(20)12(26-6)18-4-17-7-10(14)15-3-16-11(7)18/h3-6,8-9,12,19-20H,2H2,1H3,(H2,14,15,16)(H2,22,23,24)/t5?,6-,8-,9-,12-/m1/s1. The Morgan fingerprint density at radius 1 is 1.43 bits per heavy atom. The predicted octanol–water partition coefficient (Wildman–Crippen LogP) is -1.93. The average molecular weight is 419 g/mol. The van der Waals surface area contributed by atoms with E-state index >= 15 is 0 Å². The summed E-state index contributed by atoms with van der Waals surface area (Å²) in [6.07, 6.45) is -4.62. The first-order chi connectivity index (χ1) is 13.1. The second kappa shape index (κ2) is 7.67. The number of rotatable bonds is 6. The zero-order valence-electron chi connectivity index (χ0n) is 14.4. The fourth-order valence-corrected chi connectivity index (χ4v) is 3.29. The van der Waals surface area contributed by atoms with Crippen molar-refractivity contribution < 1.29 is 43.4 Å². The van der Waals surface area contributed by atoms with Crippen LogP contribution in [-0.2, 0) is 23.4 Å². The van der Waals surface area contributed by atoms with E-state index in [1.165, 1.54) is 24.1 Å². The van der Waals surface area contributed by atoms with Crippen molar-refractivity contribution in [3.63, 3.8) is 0 Å². The summed E-state index contributed by atoms with van der Waals surface area (Å²) in [6, 6.07) is 0. The van der Waals surface area contributed by atoms with Crippen molar-refractivity contribution >= 4 is 30.8 Å². The highest BCUT2D eigenvalue weighted by atomic mass is 31.2. The molecule has 0 spiro atoms. The minimum atomic E-state index is -5.02. The maximum atomic E-state index is 11.5. The molecule has 1 saturated heterocycles. The second-order valence-electron chi connectivity index (χ2n) is 6.01. The van der Waals surface area contributed by atoms with E-state index in [1.807, 2.05) is 0 Å². The number of hydrogen-bond donors (Lipinski definition) is 5. The SMILES string of the molecule is CC(O)C(=O)OC[C@H]1O[C@@H](n2cnc3c(N)ncnc32)[C@H](O)[C@@H]1OP(=O)(O)O. The molecule has 3 rings (SSSR count). The molecular weight excluding hydrogens is 401 g/mol. The number of fused-ring (bicyclic) bond motifs is 1. The van der Waals surface area contributed by atoms with Gasteiger partial charge in [-0.3, -0.25) is 9.09 Å². The van der Waals surface area contributed by atoms with Crippen molar-refractivity contribution in [2.24, 2.45) is 0 Å². The Balaban J connectivity index is 1.89. The highest BCUT2D eigenvalue weighted by Gasteiger charge is 2.49. The number of esters is 1. The van der Waals surface area contributed by atoms with Gasteiger partial charge in [0.2, 0.25) is 0 Å². The van der Waals surface area contributed by atoms with Crippen LogP contribution in [0, 0.1) is 0 Å². The van der Waals surface area contributed by atoms with Crippen LogP contribution in [-0.4, -0.2) is 76.5 Å². The van der Waals surface area contributed by atoms with Gasteiger partial charge in [-0.25, -0.2) is 24.3 Å². The zero-order valence-corrected chi connectivity index (χ0v) is 15.3. The van der Waals surface area contributed by atoms with E-state index in [0.717, 1.165) is 0 Å². The van der Waals surface area contributed by atoms with Gasteiger partial charge in [0.1, 0.15) is 42.9 Å². The van der Waals surface area contributed by atoms with Crippen LogP contribution in [0.15, 0.2) is 12.7 Å². The van der Waals surface area contributed by atoms with Crippen molar-refractivity contribution in [1.29, 1.82) is 0 Å². The molecule has 14 nitrogen and oxygen atoms in total. The first kappa shape index (κ1) is 20.5. The Labute approximate surface area is 157 Å². The Kier molecular flexibility index (Phi) is 5.63. The molecule has 6 N–H and O–H groups in total. The summed E-state index contributed by atoms with van der Waals surface area (Å²) in [7, 11) is -5.02. The van der Waals surface area contributed by atoms with Crippen molar-refractivity contribution in [1.82, 2.24) is 19.5 Å². The van der Waals surface area contributed by atoms with Crippen LogP contribution >= 0.6 is 7.82 Å². The number of aliphatic hydroxyl groups excluding tert-OH is 2. The first-order valence-corrected chi connectivity index (χ1v) is 9.46. The molecule has 0 radical (unpaired) electrons. The fraction of sp³-hybridized carbons (Fsp3) is 0.538. The van der Waals surface area contributed by atoms with E-state index in [2.05, 4.69) is 19.5 Å². The molecule has 154 valence electrons. The largest absolute Gasteiger partial charge is 0.470 e. The topological polar surface area (TPSA) is 212 Å². The molecule has 1 unspecified atom stereocenters. The lowest BCUT2D eigenvalue weighted by atomic mass is 10.1. The third-order valence-electron chi connectivity index (χ3n) is 3.96. The van der Waals surface area contributed by atoms with Gasteiger partial charge in [0.15, 0.2) is 17.7 Å². The van der Waals surface area contributed by atoms with Crippen molar-refractivity contribution in [3.8, 4) is 0 Å². The summed E-state index contributed by atoms with van der Waals surface area (Å²) in [6.45, 7) is 0.645. The monoisotopic (exact) mass is 419 g/mol. The second-order valence-corrected chi connectivity index (χ2v) is 7.20. The summed E-state index contributed by atoms with van der Waals surface area (Å²) in [5.41, 5.74) is 6.14. The van der Waals surface area contributed by atoms with Crippen LogP contribution in [0.1, 0.15) is 13.2 Å². The molecule has 1 aliphatic rings. The quantitative estimate of drug-likeness (QED) is 0.255. The van der Waals surface area contributed by atoms with Crippen LogP contribution in [0.5, 0.6) is 0 Å². The minimum absolute atomic E-state index is 0.0849. The molecule has 2 aromatic rings. The van der Waals surface area contributed by atoms with Gasteiger partial charge in [-0.1, -0.05) is 0 Å². The number of carbonyl (C=O) groups is 1. The van der Waals surface area contributed by atoms with Crippen molar-refractivity contribution in [2.45, 2.75) is 37.6 Å². The Hall–Kier alpha value is -2.19. The molecule has 0 bridgehead atoms. The predicted molar refractivity (Wildman–Crippen MR) is 89.2 cm³/mol. The number of phosphoric ester groups is 1. The fourth-order valence-electron chi connectivity index (χ4n) is 2.71. The van der Waals surface area contributed by atoms with Gasteiger partial charge in [0, 0.05) is 0 Å². The van der Waals surface area contributed by atoms with E-state index in [-0.39, 0.29) is 17.0 Å². The zero-order chi connectivity index (χ0) is 20.6. The number of nitrogens with zero attached hydrogens (tertiary/aromatic N) is 4. The van der Waals surface area contributed by atoms with Crippen LogP contribution < -0.4 is 5.73 Å². The summed E-state index contributed by atoms with van der Waals surface area (Å²) >= 11 is 0. The van der Waals surface area contributed by atoms with Gasteiger partial charge >= 0.3 is 13.8 Å². The number of nitrogens with two attached hydrogens (primary N) is 1. The number of aliphatic hydroxyl groups is 2. The van der Waals surface area contributed by atoms with E-state index in [1.54, 1.807) is 0 Å². The summed E-state index contributed by atoms with van der Waals surface area (Å²) < 4.78 is 27.6. The van der Waals surface area contributed by atoms with Crippen LogP contribution in [0.4, 0.5) is 5.82 Å². The summed E-state index contributed by atoms with van der Waals surface area (Å²) in [5, 5.41) is 19.7. The maximum Gasteiger partial charge on any atom is 0.470 e. The number of phosphoric acid groups is 1. The lowest BCUT2D eigenvalue weighted by molar-refractivity contribution is -0.158. The number of hydrogen-bond acceptors (Lipinski definition) is 11. The molecule has 3 heterocycles. The smallest absolute Gasteiger partial charge is 0.461 e. The Morgan fingerprint density at radius 3 is 2.79 bits per heavy atom. The molecule has 0 aromatic carbocycles. The Morgan fingerprint density at radius 2 is 2.14 bits per heavy atom. The van der Waals surface area contributed by atoms with Crippen molar-refractivity contribution in [2.75, 3.05) is 12.3 Å². The van der Waals surface area contributed by atoms with Crippen LogP contribution in [0.3, 0.4) is 0 Å². The molecule has 2 aromatic heterocycles. The van der Waals surface area contributed by atoms with Gasteiger partial charge in [0.25, 0.3) is 0 Å². The summed E-state index contributed by atoms with van der Waals surface area (Å²) in [4.78, 5) is 41.5. The number of ether oxygens (including phenoxy) is 2. The molecule has 0 aliphatic carbocycles. The maximum absolute atomic E-state index is 11.5. The van der Waals surface area contributed by atoms with Gasteiger partial charge in [-0.2, -0.15) is 0 Å². The molecule has 5 atom stereocenters. The van der Waals surface area contributed by atoms with E-state index in [9.17, 15) is 19.6 Å². The van der Waals surface area contributed by atoms with E-state index in [4.69, 9.17) is 25.0 Å². The molecule has 0 amide bonds. The van der Waals surface area contributed by atoms with Gasteiger partial charge < -0.3 is 35.2 Å². The molecule has 1 aliphatic heterocycles. The van der Waals surface area contributed by atoms with Crippen molar-refractivity contribution in [3.05, 3.63) is 12.7 Å². The number of anilines is 1. The molecule has 0 saturated carbocycles. The highest BCUT2D eigenvalue weighted by Crippen LogP contribution is 2.44. The van der Waals surface area contributed by atoms with Gasteiger partial charge in [-0.15, -0.1) is 0 Å². The summed E-state index contributed by atoms with van der Waals surface area (Å²) in [5.74, 6) is -0.897. The molecule has 28 heavy (non-hydrogen) atoms. The number of aromatic nitrogens is 4.